The molecule has 3 aromatic heterocycles. The number of hydrogen-bond donors (Lipinski definition) is 1. The van der Waals surface area contributed by atoms with E-state index in [0.29, 0.717) is 29.0 Å². The topological polar surface area (TPSA) is 120 Å². The third kappa shape index (κ3) is 5.65. The number of fused-ring (bicyclic) bond motifs is 4. The van der Waals surface area contributed by atoms with E-state index in [1.807, 2.05) is 0 Å². The summed E-state index contributed by atoms with van der Waals surface area (Å²) in [5.41, 5.74) is 0.754. The number of hydrogen-bond acceptors (Lipinski definition) is 11. The number of benzene rings is 1. The first-order chi connectivity index (χ1) is 22.4. The number of nitriles is 1. The lowest BCUT2D eigenvalue weighted by Gasteiger charge is -2.41. The Morgan fingerprint density at radius 1 is 1.15 bits per heavy atom. The maximum atomic E-state index is 16.9. The van der Waals surface area contributed by atoms with Crippen molar-refractivity contribution < 1.29 is 23.0 Å². The van der Waals surface area contributed by atoms with E-state index in [2.05, 4.69) is 50.0 Å². The highest BCUT2D eigenvalue weighted by Gasteiger charge is 2.35. The Morgan fingerprint density at radius 3 is 2.68 bits per heavy atom. The minimum atomic E-state index is -0.794. The van der Waals surface area contributed by atoms with Crippen LogP contribution in [-0.4, -0.2) is 88.3 Å². The van der Waals surface area contributed by atoms with Gasteiger partial charge in [-0.05, 0) is 52.3 Å². The van der Waals surface area contributed by atoms with Gasteiger partial charge < -0.3 is 19.3 Å². The highest BCUT2D eigenvalue weighted by molar-refractivity contribution is 7.23. The van der Waals surface area contributed by atoms with Gasteiger partial charge in [-0.2, -0.15) is 5.26 Å². The van der Waals surface area contributed by atoms with Crippen LogP contribution in [0.4, 0.5) is 24.5 Å². The van der Waals surface area contributed by atoms with Crippen LogP contribution in [0.5, 0.6) is 0 Å². The molecule has 0 saturated carbocycles. The molecule has 0 spiro atoms. The number of carbonyl (C=O) groups is 1. The van der Waals surface area contributed by atoms with E-state index in [-0.39, 0.29) is 50.6 Å². The average molecular weight is 663 g/mol. The molecule has 1 aromatic carbocycles. The van der Waals surface area contributed by atoms with E-state index in [9.17, 15) is 10.1 Å². The van der Waals surface area contributed by atoms with Gasteiger partial charge in [0.2, 0.25) is 5.95 Å². The largest absolute Gasteiger partial charge is 0.444 e. The number of ether oxygens (including phenoxy) is 2. The van der Waals surface area contributed by atoms with E-state index in [1.54, 1.807) is 27.0 Å². The predicted octanol–water partition coefficient (Wildman–Crippen LogP) is 5.65. The molecule has 0 radical (unpaired) electrons. The number of rotatable bonds is 4. The van der Waals surface area contributed by atoms with Gasteiger partial charge in [0.15, 0.2) is 11.6 Å². The van der Waals surface area contributed by atoms with Gasteiger partial charge in [0.05, 0.1) is 35.4 Å². The molecule has 2 saturated heterocycles. The molecule has 4 aromatic rings. The third-order valence-electron chi connectivity index (χ3n) is 9.12. The second-order valence-electron chi connectivity index (χ2n) is 13.5. The van der Waals surface area contributed by atoms with Crippen molar-refractivity contribution in [3.8, 4) is 17.3 Å². The number of carbonyl (C=O) groups excluding carboxylic acids is 1. The highest BCUT2D eigenvalue weighted by atomic mass is 32.1. The normalized spacial score (nSPS) is 20.6. The minimum Gasteiger partial charge on any atom is -0.444 e. The van der Waals surface area contributed by atoms with Crippen LogP contribution < -0.4 is 10.2 Å². The van der Waals surface area contributed by atoms with E-state index >= 15 is 8.78 Å². The van der Waals surface area contributed by atoms with Gasteiger partial charge >= 0.3 is 6.09 Å². The number of nitrogens with one attached hydrogen (secondary N) is 1. The summed E-state index contributed by atoms with van der Waals surface area (Å²) in [6, 6.07) is 2.87. The first-order valence-electron chi connectivity index (χ1n) is 15.7. The Labute approximate surface area is 275 Å². The minimum absolute atomic E-state index is 0.0327. The fraction of sp³-hybridized carbons (Fsp3) is 0.485. The summed E-state index contributed by atoms with van der Waals surface area (Å²) in [6.07, 6.45) is 2.84. The number of pyridine rings is 1. The molecule has 47 heavy (non-hydrogen) atoms. The number of halogens is 2. The van der Waals surface area contributed by atoms with Gasteiger partial charge in [-0.15, -0.1) is 11.3 Å². The second-order valence-corrected chi connectivity index (χ2v) is 14.5. The van der Waals surface area contributed by atoms with Crippen molar-refractivity contribution in [1.82, 2.24) is 24.8 Å². The molecule has 11 nitrogen and oxygen atoms in total. The molecule has 14 heteroatoms. The standard InChI is InChI=1S/C33H36F2N8O3S/c1-17-13-41(5)8-9-43(17)18-6-7-42(14-18)31-38-11-20-21-15-45-16-22(21)24(26(35)27(20)39-31)28-25-19(10-36)30(40-32(44)46-33(2,3)4)47-29(25)23(34)12-37-28/h11-12,17-18H,6-9,13-16H2,1-5H3,(H,40,44)/t17-,18+/m0/s1. The van der Waals surface area contributed by atoms with Crippen molar-refractivity contribution in [3.63, 3.8) is 0 Å². The van der Waals surface area contributed by atoms with Crippen molar-refractivity contribution in [2.45, 2.75) is 65.0 Å². The fourth-order valence-electron chi connectivity index (χ4n) is 7.04. The Balaban J connectivity index is 1.31. The molecule has 246 valence electrons. The lowest BCUT2D eigenvalue weighted by atomic mass is 9.94. The van der Waals surface area contributed by atoms with Gasteiger partial charge in [-0.3, -0.25) is 15.2 Å². The Bertz CT molecular complexity index is 1950. The van der Waals surface area contributed by atoms with Crippen LogP contribution in [0.3, 0.4) is 0 Å². The number of aromatic nitrogens is 3. The van der Waals surface area contributed by atoms with Crippen molar-refractivity contribution in [2.24, 2.45) is 0 Å². The van der Waals surface area contributed by atoms with E-state index in [1.165, 1.54) is 0 Å². The molecule has 1 amide bonds. The summed E-state index contributed by atoms with van der Waals surface area (Å²) in [5, 5.41) is 13.5. The highest BCUT2D eigenvalue weighted by Crippen LogP contribution is 2.46. The van der Waals surface area contributed by atoms with E-state index in [0.717, 1.165) is 62.2 Å². The van der Waals surface area contributed by atoms with Crippen molar-refractivity contribution in [1.29, 1.82) is 5.26 Å². The first kappa shape index (κ1) is 31.6. The second kappa shape index (κ2) is 11.9. The molecule has 0 aliphatic carbocycles. The molecule has 1 N–H and O–H groups in total. The summed E-state index contributed by atoms with van der Waals surface area (Å²) >= 11 is 0.870. The summed E-state index contributed by atoms with van der Waals surface area (Å²) in [4.78, 5) is 33.4. The van der Waals surface area contributed by atoms with Crippen molar-refractivity contribution >= 4 is 49.4 Å². The summed E-state index contributed by atoms with van der Waals surface area (Å²) in [7, 11) is 2.15. The molecule has 3 aliphatic heterocycles. The number of nitrogens with zero attached hydrogens (tertiary/aromatic N) is 7. The molecule has 2 fully saturated rings. The quantitative estimate of drug-likeness (QED) is 0.294. The van der Waals surface area contributed by atoms with Crippen LogP contribution in [0.2, 0.25) is 0 Å². The lowest BCUT2D eigenvalue weighted by Crippen LogP contribution is -2.54. The van der Waals surface area contributed by atoms with Gasteiger partial charge in [0.1, 0.15) is 22.2 Å². The molecular weight excluding hydrogens is 626 g/mol. The van der Waals surface area contributed by atoms with Crippen LogP contribution in [0.1, 0.15) is 50.8 Å². The van der Waals surface area contributed by atoms with Crippen LogP contribution in [0.25, 0.3) is 32.2 Å². The molecule has 0 bridgehead atoms. The van der Waals surface area contributed by atoms with Crippen LogP contribution in [0.15, 0.2) is 12.4 Å². The van der Waals surface area contributed by atoms with Crippen LogP contribution in [0, 0.1) is 23.0 Å². The van der Waals surface area contributed by atoms with Crippen LogP contribution >= 0.6 is 11.3 Å². The zero-order valence-electron chi connectivity index (χ0n) is 27.0. The van der Waals surface area contributed by atoms with Gasteiger partial charge in [-0.25, -0.2) is 23.5 Å². The SMILES string of the molecule is C[C@H]1CN(C)CCN1[C@@H]1CCN(c2ncc3c4c(c(-c5ncc(F)c6sc(NC(=O)OC(C)(C)C)c(C#N)c56)c(F)c3n2)COC4)C1. The first-order valence-corrected chi connectivity index (χ1v) is 16.5. The fourth-order valence-corrected chi connectivity index (χ4v) is 8.08. The van der Waals surface area contributed by atoms with Gasteiger partial charge in [0.25, 0.3) is 0 Å². The summed E-state index contributed by atoms with van der Waals surface area (Å²) in [5.74, 6) is -0.896. The monoisotopic (exact) mass is 662 g/mol. The Hall–Kier alpha value is -4.03. The Morgan fingerprint density at radius 2 is 1.94 bits per heavy atom. The lowest BCUT2D eigenvalue weighted by molar-refractivity contribution is 0.0636. The van der Waals surface area contributed by atoms with Crippen molar-refractivity contribution in [3.05, 3.63) is 40.7 Å². The maximum absolute atomic E-state index is 16.9. The number of piperazine rings is 1. The summed E-state index contributed by atoms with van der Waals surface area (Å²) in [6.45, 7) is 12.3. The summed E-state index contributed by atoms with van der Waals surface area (Å²) < 4.78 is 43.3. The predicted molar refractivity (Wildman–Crippen MR) is 175 cm³/mol. The Kier molecular flexibility index (Phi) is 7.99. The zero-order chi connectivity index (χ0) is 33.2. The number of anilines is 2. The molecular formula is C33H36F2N8O3S. The third-order valence-corrected chi connectivity index (χ3v) is 10.2. The molecule has 3 aliphatic rings. The van der Waals surface area contributed by atoms with Gasteiger partial charge in [-0.1, -0.05) is 0 Å². The number of likely N-dealkylation sites (N-methyl/N-ethyl adjacent to an activating group) is 1. The van der Waals surface area contributed by atoms with Crippen molar-refractivity contribution in [2.75, 3.05) is 50.0 Å². The number of amides is 1. The average Bonchev–Trinajstić information content (AvgIpc) is 3.76. The molecule has 7 rings (SSSR count). The molecule has 6 heterocycles. The number of thiophene rings is 1. The van der Waals surface area contributed by atoms with Crippen LogP contribution in [-0.2, 0) is 22.7 Å². The zero-order valence-corrected chi connectivity index (χ0v) is 27.8. The maximum Gasteiger partial charge on any atom is 0.412 e. The van der Waals surface area contributed by atoms with Gasteiger partial charge in [0, 0.05) is 67.3 Å². The van der Waals surface area contributed by atoms with E-state index < -0.39 is 23.3 Å². The van der Waals surface area contributed by atoms with E-state index in [4.69, 9.17) is 14.5 Å². The molecule has 0 unspecified atom stereocenters. The molecule has 2 atom stereocenters. The smallest absolute Gasteiger partial charge is 0.412 e.